The normalized spacial score (nSPS) is 21.2. The van der Waals surface area contributed by atoms with Crippen molar-refractivity contribution in [1.82, 2.24) is 14.5 Å². The SMILES string of the molecule is Cc1ccc(-c2cn(C3CCC(N)CC3)c3ncnc(N)c23)cc1. The molecule has 5 nitrogen and oxygen atoms in total. The first kappa shape index (κ1) is 15.1. The Kier molecular flexibility index (Phi) is 3.73. The molecule has 0 atom stereocenters. The highest BCUT2D eigenvalue weighted by Gasteiger charge is 2.24. The molecule has 5 heteroatoms. The van der Waals surface area contributed by atoms with Gasteiger partial charge in [-0.2, -0.15) is 0 Å². The molecule has 4 rings (SSSR count). The van der Waals surface area contributed by atoms with Crippen LogP contribution in [0.5, 0.6) is 0 Å². The lowest BCUT2D eigenvalue weighted by atomic mass is 9.92. The molecule has 1 aromatic carbocycles. The second-order valence-electron chi connectivity index (χ2n) is 6.84. The van der Waals surface area contributed by atoms with Crippen molar-refractivity contribution < 1.29 is 0 Å². The van der Waals surface area contributed by atoms with E-state index in [2.05, 4.69) is 51.9 Å². The summed E-state index contributed by atoms with van der Waals surface area (Å²) in [5.41, 5.74) is 16.7. The van der Waals surface area contributed by atoms with E-state index >= 15 is 0 Å². The molecular weight excluding hydrogens is 298 g/mol. The lowest BCUT2D eigenvalue weighted by molar-refractivity contribution is 0.329. The van der Waals surface area contributed by atoms with Crippen LogP contribution in [0.15, 0.2) is 36.8 Å². The van der Waals surface area contributed by atoms with Crippen molar-refractivity contribution in [2.75, 3.05) is 5.73 Å². The largest absolute Gasteiger partial charge is 0.383 e. The van der Waals surface area contributed by atoms with Crippen LogP contribution in [0.3, 0.4) is 0 Å². The summed E-state index contributed by atoms with van der Waals surface area (Å²) in [7, 11) is 0. The second kappa shape index (κ2) is 5.91. The van der Waals surface area contributed by atoms with Crippen molar-refractivity contribution >= 4 is 16.9 Å². The van der Waals surface area contributed by atoms with E-state index in [1.165, 1.54) is 5.56 Å². The summed E-state index contributed by atoms with van der Waals surface area (Å²) in [6, 6.07) is 9.28. The minimum absolute atomic E-state index is 0.333. The van der Waals surface area contributed by atoms with Crippen molar-refractivity contribution in [1.29, 1.82) is 0 Å². The van der Waals surface area contributed by atoms with Crippen LogP contribution in [0.2, 0.25) is 0 Å². The van der Waals surface area contributed by atoms with E-state index in [9.17, 15) is 0 Å². The Morgan fingerprint density at radius 2 is 1.75 bits per heavy atom. The Hall–Kier alpha value is -2.40. The minimum Gasteiger partial charge on any atom is -0.383 e. The van der Waals surface area contributed by atoms with Gasteiger partial charge in [0.25, 0.3) is 0 Å². The third kappa shape index (κ3) is 2.55. The molecule has 1 aliphatic rings. The quantitative estimate of drug-likeness (QED) is 0.757. The van der Waals surface area contributed by atoms with Gasteiger partial charge in [-0.1, -0.05) is 29.8 Å². The number of rotatable bonds is 2. The predicted molar refractivity (Wildman–Crippen MR) is 97.6 cm³/mol. The van der Waals surface area contributed by atoms with Crippen molar-refractivity contribution in [3.8, 4) is 11.1 Å². The van der Waals surface area contributed by atoms with Crippen LogP contribution in [0.4, 0.5) is 5.82 Å². The van der Waals surface area contributed by atoms with Gasteiger partial charge in [0.1, 0.15) is 17.8 Å². The number of anilines is 1. The fraction of sp³-hybridized carbons (Fsp3) is 0.368. The molecule has 4 N–H and O–H groups in total. The van der Waals surface area contributed by atoms with Crippen LogP contribution in [0.25, 0.3) is 22.2 Å². The summed E-state index contributed by atoms with van der Waals surface area (Å²) >= 11 is 0. The second-order valence-corrected chi connectivity index (χ2v) is 6.84. The molecule has 3 aromatic rings. The number of aromatic nitrogens is 3. The molecule has 0 saturated heterocycles. The van der Waals surface area contributed by atoms with Crippen LogP contribution in [-0.4, -0.2) is 20.6 Å². The third-order valence-electron chi connectivity index (χ3n) is 5.14. The molecule has 2 aromatic heterocycles. The van der Waals surface area contributed by atoms with E-state index in [0.29, 0.717) is 17.9 Å². The number of nitrogens with zero attached hydrogens (tertiary/aromatic N) is 3. The molecule has 1 saturated carbocycles. The molecule has 2 heterocycles. The number of hydrogen-bond donors (Lipinski definition) is 2. The van der Waals surface area contributed by atoms with Gasteiger partial charge in [0.15, 0.2) is 0 Å². The van der Waals surface area contributed by atoms with Gasteiger partial charge in [-0.25, -0.2) is 9.97 Å². The van der Waals surface area contributed by atoms with Gasteiger partial charge in [0, 0.05) is 23.8 Å². The van der Waals surface area contributed by atoms with Gasteiger partial charge in [0.05, 0.1) is 5.39 Å². The monoisotopic (exact) mass is 321 g/mol. The fourth-order valence-corrected chi connectivity index (χ4v) is 3.72. The van der Waals surface area contributed by atoms with E-state index in [1.54, 1.807) is 6.33 Å². The van der Waals surface area contributed by atoms with Crippen LogP contribution in [0, 0.1) is 6.92 Å². The Morgan fingerprint density at radius 1 is 1.04 bits per heavy atom. The Bertz CT molecular complexity index is 857. The molecule has 0 spiro atoms. The van der Waals surface area contributed by atoms with Gasteiger partial charge < -0.3 is 16.0 Å². The van der Waals surface area contributed by atoms with Crippen LogP contribution < -0.4 is 11.5 Å². The number of nitrogen functional groups attached to an aromatic ring is 1. The maximum absolute atomic E-state index is 6.20. The first-order valence-electron chi connectivity index (χ1n) is 8.57. The third-order valence-corrected chi connectivity index (χ3v) is 5.14. The van der Waals surface area contributed by atoms with Gasteiger partial charge in [-0.3, -0.25) is 0 Å². The van der Waals surface area contributed by atoms with E-state index in [0.717, 1.165) is 47.8 Å². The Balaban J connectivity index is 1.87. The highest BCUT2D eigenvalue weighted by Crippen LogP contribution is 2.37. The molecule has 0 amide bonds. The van der Waals surface area contributed by atoms with Crippen molar-refractivity contribution in [2.45, 2.75) is 44.7 Å². The Labute approximate surface area is 141 Å². The number of fused-ring (bicyclic) bond motifs is 1. The number of aryl methyl sites for hydroxylation is 1. The summed E-state index contributed by atoms with van der Waals surface area (Å²) in [6.45, 7) is 2.09. The molecule has 0 radical (unpaired) electrons. The van der Waals surface area contributed by atoms with Crippen LogP contribution in [-0.2, 0) is 0 Å². The topological polar surface area (TPSA) is 82.8 Å². The summed E-state index contributed by atoms with van der Waals surface area (Å²) < 4.78 is 2.29. The molecule has 0 bridgehead atoms. The number of nitrogens with two attached hydrogens (primary N) is 2. The number of hydrogen-bond acceptors (Lipinski definition) is 4. The van der Waals surface area contributed by atoms with Crippen LogP contribution >= 0.6 is 0 Å². The predicted octanol–water partition coefficient (Wildman–Crippen LogP) is 3.43. The van der Waals surface area contributed by atoms with Gasteiger partial charge >= 0.3 is 0 Å². The first-order chi connectivity index (χ1) is 11.6. The summed E-state index contributed by atoms with van der Waals surface area (Å²) in [6.07, 6.45) is 8.05. The smallest absolute Gasteiger partial charge is 0.146 e. The molecule has 124 valence electrons. The van der Waals surface area contributed by atoms with Gasteiger partial charge in [0.2, 0.25) is 0 Å². The highest BCUT2D eigenvalue weighted by molar-refractivity contribution is 6.00. The lowest BCUT2D eigenvalue weighted by Gasteiger charge is -2.27. The molecular formula is C19H23N5. The molecule has 0 unspecified atom stereocenters. The summed E-state index contributed by atoms with van der Waals surface area (Å²) in [5, 5.41) is 0.955. The van der Waals surface area contributed by atoms with E-state index in [-0.39, 0.29) is 0 Å². The lowest BCUT2D eigenvalue weighted by Crippen LogP contribution is -2.27. The van der Waals surface area contributed by atoms with Crippen molar-refractivity contribution in [3.63, 3.8) is 0 Å². The standard InChI is InChI=1S/C19H23N5/c1-12-2-4-13(5-3-12)16-10-24(15-8-6-14(20)7-9-15)19-17(16)18(21)22-11-23-19/h2-5,10-11,14-15H,6-9,20H2,1H3,(H2,21,22,23). The van der Waals surface area contributed by atoms with E-state index in [1.807, 2.05) is 0 Å². The minimum atomic E-state index is 0.333. The molecule has 24 heavy (non-hydrogen) atoms. The highest BCUT2D eigenvalue weighted by atomic mass is 15.1. The fourth-order valence-electron chi connectivity index (χ4n) is 3.72. The zero-order chi connectivity index (χ0) is 16.7. The van der Waals surface area contributed by atoms with Crippen molar-refractivity contribution in [2.24, 2.45) is 5.73 Å². The first-order valence-corrected chi connectivity index (χ1v) is 8.57. The average molecular weight is 321 g/mol. The van der Waals surface area contributed by atoms with E-state index < -0.39 is 0 Å². The molecule has 1 aliphatic carbocycles. The zero-order valence-electron chi connectivity index (χ0n) is 13.9. The van der Waals surface area contributed by atoms with Crippen LogP contribution in [0.1, 0.15) is 37.3 Å². The molecule has 1 fully saturated rings. The van der Waals surface area contributed by atoms with Gasteiger partial charge in [-0.15, -0.1) is 0 Å². The number of benzene rings is 1. The Morgan fingerprint density at radius 3 is 2.46 bits per heavy atom. The maximum atomic E-state index is 6.20. The summed E-state index contributed by atoms with van der Waals surface area (Å²) in [5.74, 6) is 0.543. The molecule has 0 aliphatic heterocycles. The maximum Gasteiger partial charge on any atom is 0.146 e. The average Bonchev–Trinajstić information content (AvgIpc) is 2.97. The van der Waals surface area contributed by atoms with Crippen molar-refractivity contribution in [3.05, 3.63) is 42.4 Å². The summed E-state index contributed by atoms with van der Waals surface area (Å²) in [4.78, 5) is 8.76. The van der Waals surface area contributed by atoms with E-state index in [4.69, 9.17) is 11.5 Å². The zero-order valence-corrected chi connectivity index (χ0v) is 13.9. The van der Waals surface area contributed by atoms with Gasteiger partial charge in [-0.05, 0) is 38.2 Å².